The van der Waals surface area contributed by atoms with E-state index in [0.29, 0.717) is 12.2 Å². The Balaban J connectivity index is 1.17. The third-order valence-electron chi connectivity index (χ3n) is 8.28. The van der Waals surface area contributed by atoms with E-state index in [1.165, 1.54) is 5.56 Å². The van der Waals surface area contributed by atoms with Gasteiger partial charge in [0.2, 0.25) is 11.8 Å². The van der Waals surface area contributed by atoms with Crippen LogP contribution in [-0.2, 0) is 32.3 Å². The van der Waals surface area contributed by atoms with Crippen LogP contribution in [0, 0.1) is 5.92 Å². The molecule has 0 unspecified atom stereocenters. The summed E-state index contributed by atoms with van der Waals surface area (Å²) in [6, 6.07) is 25.3. The molecule has 2 aliphatic rings. The van der Waals surface area contributed by atoms with Gasteiger partial charge in [0.1, 0.15) is 18.9 Å². The summed E-state index contributed by atoms with van der Waals surface area (Å²) in [4.78, 5) is 43.7. The number of benzene rings is 3. The minimum absolute atomic E-state index is 0.0427. The van der Waals surface area contributed by atoms with Crippen LogP contribution in [0.2, 0.25) is 0 Å². The molecule has 2 aliphatic heterocycles. The molecule has 3 aromatic carbocycles. The number of hydrogen-bond acceptors (Lipinski definition) is 6. The number of carbonyl (C=O) groups excluding carboxylic acids is 3. The van der Waals surface area contributed by atoms with Gasteiger partial charge in [0.25, 0.3) is 0 Å². The molecule has 2 heterocycles. The zero-order chi connectivity index (χ0) is 30.2. The van der Waals surface area contributed by atoms with E-state index in [-0.39, 0.29) is 43.5 Å². The SMILES string of the molecule is COc1ccccc1COC(=O)C[C@H]1C[C@H](c2ccc(Br)cc2)N(CC(=O)NC2CCN(Cc3ccccc3)CC2)C1=O. The number of amides is 2. The highest BCUT2D eigenvalue weighted by Crippen LogP contribution is 2.38. The van der Waals surface area contributed by atoms with Crippen LogP contribution in [0.15, 0.2) is 83.3 Å². The minimum Gasteiger partial charge on any atom is -0.496 e. The molecule has 0 saturated carbocycles. The highest BCUT2D eigenvalue weighted by atomic mass is 79.9. The predicted molar refractivity (Wildman–Crippen MR) is 167 cm³/mol. The third kappa shape index (κ3) is 8.24. The first-order valence-electron chi connectivity index (χ1n) is 14.8. The van der Waals surface area contributed by atoms with Gasteiger partial charge in [-0.1, -0.05) is 76.6 Å². The van der Waals surface area contributed by atoms with Crippen molar-refractivity contribution in [2.24, 2.45) is 5.92 Å². The summed E-state index contributed by atoms with van der Waals surface area (Å²) in [5.41, 5.74) is 2.98. The second-order valence-electron chi connectivity index (χ2n) is 11.2. The van der Waals surface area contributed by atoms with Crippen LogP contribution in [0.4, 0.5) is 0 Å². The highest BCUT2D eigenvalue weighted by molar-refractivity contribution is 9.10. The molecule has 0 aromatic heterocycles. The van der Waals surface area contributed by atoms with E-state index in [9.17, 15) is 14.4 Å². The van der Waals surface area contributed by atoms with Crippen molar-refractivity contribution in [2.75, 3.05) is 26.7 Å². The van der Waals surface area contributed by atoms with Crippen molar-refractivity contribution in [2.45, 2.75) is 50.9 Å². The first-order valence-corrected chi connectivity index (χ1v) is 15.6. The van der Waals surface area contributed by atoms with E-state index in [4.69, 9.17) is 9.47 Å². The van der Waals surface area contributed by atoms with Crippen LogP contribution < -0.4 is 10.1 Å². The Bertz CT molecular complexity index is 1390. The number of likely N-dealkylation sites (tertiary alicyclic amines) is 2. The Labute approximate surface area is 261 Å². The summed E-state index contributed by atoms with van der Waals surface area (Å²) in [6.07, 6.45) is 2.13. The topological polar surface area (TPSA) is 88.2 Å². The number of nitrogens with zero attached hydrogens (tertiary/aromatic N) is 2. The Kier molecular flexibility index (Phi) is 10.5. The number of ether oxygens (including phenoxy) is 2. The summed E-state index contributed by atoms with van der Waals surface area (Å²) >= 11 is 3.47. The lowest BCUT2D eigenvalue weighted by atomic mass is 9.97. The second kappa shape index (κ2) is 14.7. The quantitative estimate of drug-likeness (QED) is 0.286. The van der Waals surface area contributed by atoms with E-state index in [1.54, 1.807) is 12.0 Å². The van der Waals surface area contributed by atoms with Gasteiger partial charge in [0.15, 0.2) is 0 Å². The van der Waals surface area contributed by atoms with E-state index < -0.39 is 11.9 Å². The molecular weight excluding hydrogens is 610 g/mol. The number of rotatable bonds is 11. The fourth-order valence-electron chi connectivity index (χ4n) is 5.99. The van der Waals surface area contributed by atoms with Crippen LogP contribution >= 0.6 is 15.9 Å². The highest BCUT2D eigenvalue weighted by Gasteiger charge is 2.42. The van der Waals surface area contributed by atoms with E-state index in [1.807, 2.05) is 54.6 Å². The molecular formula is C34H38BrN3O5. The van der Waals surface area contributed by atoms with E-state index in [0.717, 1.165) is 48.1 Å². The van der Waals surface area contributed by atoms with Crippen LogP contribution in [0.3, 0.4) is 0 Å². The van der Waals surface area contributed by atoms with Gasteiger partial charge < -0.3 is 19.7 Å². The average molecular weight is 649 g/mol. The number of halogens is 1. The molecule has 0 bridgehead atoms. The first kappa shape index (κ1) is 30.8. The molecule has 8 nitrogen and oxygen atoms in total. The zero-order valence-electron chi connectivity index (χ0n) is 24.4. The van der Waals surface area contributed by atoms with Crippen molar-refractivity contribution < 1.29 is 23.9 Å². The molecule has 43 heavy (non-hydrogen) atoms. The van der Waals surface area contributed by atoms with Gasteiger partial charge in [0, 0.05) is 35.7 Å². The molecule has 0 spiro atoms. The summed E-state index contributed by atoms with van der Waals surface area (Å²) in [5, 5.41) is 3.17. The molecule has 2 amide bonds. The van der Waals surface area contributed by atoms with Crippen molar-refractivity contribution in [3.8, 4) is 5.75 Å². The van der Waals surface area contributed by atoms with Crippen molar-refractivity contribution in [3.05, 3.63) is 100 Å². The van der Waals surface area contributed by atoms with Crippen LogP contribution in [0.25, 0.3) is 0 Å². The number of para-hydroxylation sites is 1. The maximum atomic E-state index is 13.6. The number of nitrogens with one attached hydrogen (secondary N) is 1. The molecule has 0 aliphatic carbocycles. The van der Waals surface area contributed by atoms with Crippen molar-refractivity contribution in [1.82, 2.24) is 15.1 Å². The Morgan fingerprint density at radius 1 is 0.953 bits per heavy atom. The van der Waals surface area contributed by atoms with E-state index >= 15 is 0 Å². The molecule has 3 aromatic rings. The van der Waals surface area contributed by atoms with Crippen LogP contribution in [0.1, 0.15) is 48.4 Å². The fourth-order valence-corrected chi connectivity index (χ4v) is 6.26. The van der Waals surface area contributed by atoms with Gasteiger partial charge in [-0.15, -0.1) is 0 Å². The minimum atomic E-state index is -0.562. The normalized spacial score (nSPS) is 19.3. The third-order valence-corrected chi connectivity index (χ3v) is 8.81. The molecule has 9 heteroatoms. The lowest BCUT2D eigenvalue weighted by Crippen LogP contribution is -2.48. The number of piperidine rings is 1. The summed E-state index contributed by atoms with van der Waals surface area (Å²) in [6.45, 7) is 2.74. The monoisotopic (exact) mass is 647 g/mol. The summed E-state index contributed by atoms with van der Waals surface area (Å²) in [7, 11) is 1.57. The number of hydrogen-bond donors (Lipinski definition) is 1. The standard InChI is InChI=1S/C34H38BrN3O5/c1-42-31-10-6-5-9-26(31)23-43-33(40)20-27-19-30(25-11-13-28(35)14-12-25)38(34(27)41)22-32(39)36-29-15-17-37(18-16-29)21-24-7-3-2-4-8-24/h2-14,27,29-30H,15-23H2,1H3,(H,36,39)/t27-,30-/m1/s1. The number of carbonyl (C=O) groups is 3. The van der Waals surface area contributed by atoms with Gasteiger partial charge in [0.05, 0.1) is 25.5 Å². The summed E-state index contributed by atoms with van der Waals surface area (Å²) in [5.74, 6) is -0.742. The summed E-state index contributed by atoms with van der Waals surface area (Å²) < 4.78 is 11.8. The number of methoxy groups -OCH3 is 1. The van der Waals surface area contributed by atoms with Crippen LogP contribution in [-0.4, -0.2) is 60.4 Å². The van der Waals surface area contributed by atoms with Gasteiger partial charge in [-0.25, -0.2) is 0 Å². The maximum absolute atomic E-state index is 13.6. The average Bonchev–Trinajstić information content (AvgIpc) is 3.32. The Hall–Kier alpha value is -3.69. The predicted octanol–water partition coefficient (Wildman–Crippen LogP) is 5.26. The van der Waals surface area contributed by atoms with Crippen molar-refractivity contribution in [1.29, 1.82) is 0 Å². The lowest BCUT2D eigenvalue weighted by Gasteiger charge is -2.33. The fraction of sp³-hybridized carbons (Fsp3) is 0.382. The molecule has 2 fully saturated rings. The molecule has 2 atom stereocenters. The van der Waals surface area contributed by atoms with Gasteiger partial charge in [-0.2, -0.15) is 0 Å². The van der Waals surface area contributed by atoms with Crippen molar-refractivity contribution >= 4 is 33.7 Å². The second-order valence-corrected chi connectivity index (χ2v) is 12.2. The zero-order valence-corrected chi connectivity index (χ0v) is 26.0. The Morgan fingerprint density at radius 3 is 2.37 bits per heavy atom. The number of esters is 1. The Morgan fingerprint density at radius 2 is 1.65 bits per heavy atom. The molecule has 1 N–H and O–H groups in total. The smallest absolute Gasteiger partial charge is 0.306 e. The van der Waals surface area contributed by atoms with E-state index in [2.05, 4.69) is 50.4 Å². The first-order chi connectivity index (χ1) is 20.9. The van der Waals surface area contributed by atoms with Gasteiger partial charge >= 0.3 is 5.97 Å². The van der Waals surface area contributed by atoms with Gasteiger partial charge in [-0.05, 0) is 48.6 Å². The van der Waals surface area contributed by atoms with Crippen molar-refractivity contribution in [3.63, 3.8) is 0 Å². The lowest BCUT2D eigenvalue weighted by molar-refractivity contribution is -0.148. The molecule has 2 saturated heterocycles. The maximum Gasteiger partial charge on any atom is 0.306 e. The molecule has 5 rings (SSSR count). The van der Waals surface area contributed by atoms with Gasteiger partial charge in [-0.3, -0.25) is 19.3 Å². The molecule has 0 radical (unpaired) electrons. The largest absolute Gasteiger partial charge is 0.496 e. The van der Waals surface area contributed by atoms with Crippen LogP contribution in [0.5, 0.6) is 5.75 Å². The molecule has 226 valence electrons.